The number of anilines is 1. The lowest BCUT2D eigenvalue weighted by atomic mass is 10.1. The Hall–Kier alpha value is -4.77. The number of halogens is 1. The highest BCUT2D eigenvalue weighted by Crippen LogP contribution is 2.36. The molecule has 0 fully saturated rings. The number of rotatable bonds is 9. The van der Waals surface area contributed by atoms with Crippen molar-refractivity contribution in [2.24, 2.45) is 5.10 Å². The molecule has 0 saturated heterocycles. The molecule has 11 nitrogen and oxygen atoms in total. The molecule has 3 N–H and O–H groups in total. The highest BCUT2D eigenvalue weighted by molar-refractivity contribution is 6.35. The third kappa shape index (κ3) is 7.20. The number of nitrogens with zero attached hydrogens (tertiary/aromatic N) is 1. The summed E-state index contributed by atoms with van der Waals surface area (Å²) in [5.74, 6) is -0.567. The smallest absolute Gasteiger partial charge is 0.329 e. The number of hydrazone groups is 1. The summed E-state index contributed by atoms with van der Waals surface area (Å²) in [5.41, 5.74) is 6.06. The fourth-order valence-corrected chi connectivity index (χ4v) is 4.04. The molecule has 1 aliphatic rings. The number of carbonyl (C=O) groups is 3. The van der Waals surface area contributed by atoms with Crippen molar-refractivity contribution < 1.29 is 33.3 Å². The largest absolute Gasteiger partial charge is 0.493 e. The Morgan fingerprint density at radius 1 is 1.02 bits per heavy atom. The predicted molar refractivity (Wildman–Crippen MR) is 148 cm³/mol. The number of hydrogen-bond donors (Lipinski definition) is 3. The van der Waals surface area contributed by atoms with Gasteiger partial charge >= 0.3 is 11.8 Å². The first kappa shape index (κ1) is 28.2. The van der Waals surface area contributed by atoms with E-state index in [1.54, 1.807) is 24.3 Å². The Bertz CT molecular complexity index is 1480. The van der Waals surface area contributed by atoms with E-state index in [0.29, 0.717) is 22.7 Å². The number of aryl methyl sites for hydroxylation is 2. The molecule has 3 amide bonds. The molecular formula is C28H27ClN4O7. The summed E-state index contributed by atoms with van der Waals surface area (Å²) in [7, 11) is 1.42. The normalized spacial score (nSPS) is 11.7. The van der Waals surface area contributed by atoms with Crippen molar-refractivity contribution in [3.05, 3.63) is 75.8 Å². The van der Waals surface area contributed by atoms with Crippen molar-refractivity contribution in [3.63, 3.8) is 0 Å². The van der Waals surface area contributed by atoms with E-state index in [0.717, 1.165) is 16.7 Å². The van der Waals surface area contributed by atoms with E-state index in [4.69, 9.17) is 30.5 Å². The van der Waals surface area contributed by atoms with Crippen LogP contribution in [0.1, 0.15) is 22.3 Å². The molecule has 208 valence electrons. The summed E-state index contributed by atoms with van der Waals surface area (Å²) in [6.45, 7) is 3.83. The highest BCUT2D eigenvalue weighted by Gasteiger charge is 2.17. The van der Waals surface area contributed by atoms with Gasteiger partial charge in [-0.2, -0.15) is 5.10 Å². The fraction of sp³-hybridized carbons (Fsp3) is 0.214. The van der Waals surface area contributed by atoms with Gasteiger partial charge in [0, 0.05) is 12.2 Å². The van der Waals surface area contributed by atoms with Gasteiger partial charge in [0.05, 0.1) is 18.3 Å². The first-order chi connectivity index (χ1) is 19.2. The van der Waals surface area contributed by atoms with Crippen molar-refractivity contribution in [1.29, 1.82) is 0 Å². The number of amides is 3. The Balaban J connectivity index is 1.29. The van der Waals surface area contributed by atoms with Crippen LogP contribution in [0, 0.1) is 13.8 Å². The summed E-state index contributed by atoms with van der Waals surface area (Å²) in [6, 6.07) is 14.0. The zero-order valence-electron chi connectivity index (χ0n) is 22.0. The van der Waals surface area contributed by atoms with Crippen molar-refractivity contribution in [2.45, 2.75) is 20.4 Å². The van der Waals surface area contributed by atoms with Crippen LogP contribution in [0.4, 0.5) is 5.69 Å². The SMILES string of the molecule is COc1cc(/C=N\NC(=O)C(=O)NCc2ccc3c(c2)OCO3)cc(Cl)c1OCC(=O)Nc1ccc(C)cc1C. The average molecular weight is 567 g/mol. The van der Waals surface area contributed by atoms with E-state index in [2.05, 4.69) is 21.2 Å². The lowest BCUT2D eigenvalue weighted by Gasteiger charge is -2.14. The highest BCUT2D eigenvalue weighted by atomic mass is 35.5. The van der Waals surface area contributed by atoms with Gasteiger partial charge < -0.3 is 29.6 Å². The molecule has 0 atom stereocenters. The van der Waals surface area contributed by atoms with Gasteiger partial charge in [0.15, 0.2) is 29.6 Å². The number of carbonyl (C=O) groups excluding carboxylic acids is 3. The summed E-state index contributed by atoms with van der Waals surface area (Å²) >= 11 is 6.36. The van der Waals surface area contributed by atoms with E-state index in [9.17, 15) is 14.4 Å². The number of nitrogens with one attached hydrogen (secondary N) is 3. The zero-order valence-corrected chi connectivity index (χ0v) is 22.8. The van der Waals surface area contributed by atoms with E-state index in [1.165, 1.54) is 19.4 Å². The fourth-order valence-electron chi connectivity index (χ4n) is 3.76. The van der Waals surface area contributed by atoms with Gasteiger partial charge in [0.2, 0.25) is 6.79 Å². The van der Waals surface area contributed by atoms with Gasteiger partial charge in [0.1, 0.15) is 0 Å². The minimum atomic E-state index is -0.954. The molecule has 3 aromatic carbocycles. The summed E-state index contributed by atoms with van der Waals surface area (Å²) < 4.78 is 21.5. The topological polar surface area (TPSA) is 137 Å². The molecule has 4 rings (SSSR count). The van der Waals surface area contributed by atoms with Crippen LogP contribution in [0.2, 0.25) is 5.02 Å². The predicted octanol–water partition coefficient (Wildman–Crippen LogP) is 3.48. The Labute approximate surface area is 235 Å². The standard InChI is InChI=1S/C28H27ClN4O7/c1-16-4-6-21(17(2)8-16)32-25(34)14-38-26-20(29)9-19(11-24(26)37-3)13-31-33-28(36)27(35)30-12-18-5-7-22-23(10-18)40-15-39-22/h4-11,13H,12,14-15H2,1-3H3,(H,30,35)(H,32,34)(H,33,36)/b31-13-. The summed E-state index contributed by atoms with van der Waals surface area (Å²) in [5, 5.41) is 9.27. The van der Waals surface area contributed by atoms with Gasteiger partial charge in [-0.25, -0.2) is 5.43 Å². The van der Waals surface area contributed by atoms with E-state index >= 15 is 0 Å². The molecule has 12 heteroatoms. The van der Waals surface area contributed by atoms with Crippen LogP contribution < -0.4 is 35.0 Å². The second kappa shape index (κ2) is 12.9. The Morgan fingerprint density at radius 2 is 1.82 bits per heavy atom. The quantitative estimate of drug-likeness (QED) is 0.205. The van der Waals surface area contributed by atoms with Crippen molar-refractivity contribution in [3.8, 4) is 23.0 Å². The third-order valence-corrected chi connectivity index (χ3v) is 6.01. The maximum Gasteiger partial charge on any atom is 0.329 e. The lowest BCUT2D eigenvalue weighted by Crippen LogP contribution is -2.37. The second-order valence-corrected chi connectivity index (χ2v) is 9.17. The molecule has 1 aliphatic heterocycles. The lowest BCUT2D eigenvalue weighted by molar-refractivity contribution is -0.139. The monoisotopic (exact) mass is 566 g/mol. The average Bonchev–Trinajstić information content (AvgIpc) is 3.40. The van der Waals surface area contributed by atoms with E-state index in [1.807, 2.05) is 32.0 Å². The third-order valence-electron chi connectivity index (χ3n) is 5.73. The van der Waals surface area contributed by atoms with Crippen LogP contribution >= 0.6 is 11.6 Å². The van der Waals surface area contributed by atoms with Crippen LogP contribution in [-0.2, 0) is 20.9 Å². The molecule has 40 heavy (non-hydrogen) atoms. The van der Waals surface area contributed by atoms with E-state index in [-0.39, 0.29) is 42.4 Å². The molecule has 0 aliphatic carbocycles. The maximum atomic E-state index is 12.4. The van der Waals surface area contributed by atoms with Crippen molar-refractivity contribution in [1.82, 2.24) is 10.7 Å². The van der Waals surface area contributed by atoms with Crippen LogP contribution in [-0.4, -0.2) is 44.4 Å². The Kier molecular flexibility index (Phi) is 9.07. The zero-order chi connectivity index (χ0) is 28.6. The van der Waals surface area contributed by atoms with Crippen LogP contribution in [0.15, 0.2) is 53.6 Å². The minimum absolute atomic E-state index is 0.115. The molecule has 0 saturated carbocycles. The molecule has 0 radical (unpaired) electrons. The van der Waals surface area contributed by atoms with Crippen LogP contribution in [0.3, 0.4) is 0 Å². The number of methoxy groups -OCH3 is 1. The summed E-state index contributed by atoms with van der Waals surface area (Å²) in [4.78, 5) is 36.6. The second-order valence-electron chi connectivity index (χ2n) is 8.76. The number of ether oxygens (including phenoxy) is 4. The van der Waals surface area contributed by atoms with Crippen LogP contribution in [0.5, 0.6) is 23.0 Å². The minimum Gasteiger partial charge on any atom is -0.493 e. The van der Waals surface area contributed by atoms with Crippen LogP contribution in [0.25, 0.3) is 0 Å². The van der Waals surface area contributed by atoms with Gasteiger partial charge in [-0.1, -0.05) is 35.4 Å². The van der Waals surface area contributed by atoms with Crippen molar-refractivity contribution in [2.75, 3.05) is 25.8 Å². The first-order valence-electron chi connectivity index (χ1n) is 12.1. The summed E-state index contributed by atoms with van der Waals surface area (Å²) in [6.07, 6.45) is 1.29. The van der Waals surface area contributed by atoms with Gasteiger partial charge in [0.25, 0.3) is 5.91 Å². The van der Waals surface area contributed by atoms with Gasteiger partial charge in [-0.15, -0.1) is 0 Å². The van der Waals surface area contributed by atoms with E-state index < -0.39 is 11.8 Å². The number of hydrogen-bond acceptors (Lipinski definition) is 8. The Morgan fingerprint density at radius 3 is 2.60 bits per heavy atom. The van der Waals surface area contributed by atoms with Gasteiger partial charge in [-0.05, 0) is 60.9 Å². The molecule has 0 unspecified atom stereocenters. The van der Waals surface area contributed by atoms with Crippen molar-refractivity contribution >= 4 is 41.2 Å². The number of benzene rings is 3. The molecule has 0 bridgehead atoms. The molecular weight excluding hydrogens is 540 g/mol. The molecule has 0 spiro atoms. The number of fused-ring (bicyclic) bond motifs is 1. The van der Waals surface area contributed by atoms with Gasteiger partial charge in [-0.3, -0.25) is 14.4 Å². The molecule has 0 aromatic heterocycles. The maximum absolute atomic E-state index is 12.4. The first-order valence-corrected chi connectivity index (χ1v) is 12.5. The molecule has 1 heterocycles. The molecule has 3 aromatic rings.